The summed E-state index contributed by atoms with van der Waals surface area (Å²) in [5, 5.41) is 5.08. The van der Waals surface area contributed by atoms with E-state index in [1.807, 2.05) is 4.90 Å². The maximum absolute atomic E-state index is 12.1. The Morgan fingerprint density at radius 2 is 1.96 bits per heavy atom. The normalized spacial score (nSPS) is 15.7. The van der Waals surface area contributed by atoms with Crippen LogP contribution in [0.4, 0.5) is 0 Å². The second-order valence-electron chi connectivity index (χ2n) is 6.89. The Labute approximate surface area is 163 Å². The van der Waals surface area contributed by atoms with Crippen molar-refractivity contribution in [2.75, 3.05) is 26.2 Å². The summed E-state index contributed by atoms with van der Waals surface area (Å²) in [5.41, 5.74) is 0.666. The first-order chi connectivity index (χ1) is 12.4. The predicted octanol–water partition coefficient (Wildman–Crippen LogP) is 3.73. The molecule has 0 unspecified atom stereocenters. The number of benzene rings is 1. The Morgan fingerprint density at radius 3 is 2.62 bits per heavy atom. The van der Waals surface area contributed by atoms with E-state index in [9.17, 15) is 4.79 Å². The Hall–Kier alpha value is -1.63. The highest BCUT2D eigenvalue weighted by Gasteiger charge is 2.23. The summed E-state index contributed by atoms with van der Waals surface area (Å²) in [4.78, 5) is 20.7. The maximum Gasteiger partial charge on any atom is 0.259 e. The van der Waals surface area contributed by atoms with Gasteiger partial charge in [-0.1, -0.05) is 42.2 Å². The van der Waals surface area contributed by atoms with Crippen molar-refractivity contribution in [1.29, 1.82) is 0 Å². The molecule has 0 aliphatic carbocycles. The largest absolute Gasteiger partial charge is 0.340 e. The first kappa shape index (κ1) is 19.1. The van der Waals surface area contributed by atoms with Crippen LogP contribution in [0.3, 0.4) is 0 Å². The zero-order chi connectivity index (χ0) is 18.7. The lowest BCUT2D eigenvalue weighted by Gasteiger charge is -2.34. The summed E-state index contributed by atoms with van der Waals surface area (Å²) in [6, 6.07) is 5.15. The Morgan fingerprint density at radius 1 is 1.23 bits per heavy atom. The fraction of sp³-hybridized carbons (Fsp3) is 0.500. The average molecular weight is 397 g/mol. The lowest BCUT2D eigenvalue weighted by Crippen LogP contribution is -2.48. The Bertz CT molecular complexity index is 770. The molecule has 1 aromatic heterocycles. The van der Waals surface area contributed by atoms with E-state index < -0.39 is 0 Å². The Kier molecular flexibility index (Phi) is 6.16. The van der Waals surface area contributed by atoms with E-state index >= 15 is 0 Å². The van der Waals surface area contributed by atoms with Crippen LogP contribution < -0.4 is 0 Å². The molecule has 3 rings (SSSR count). The van der Waals surface area contributed by atoms with Crippen LogP contribution in [0.25, 0.3) is 11.5 Å². The minimum Gasteiger partial charge on any atom is -0.340 e. The third kappa shape index (κ3) is 4.75. The molecule has 1 aliphatic heterocycles. The van der Waals surface area contributed by atoms with E-state index in [0.717, 1.165) is 26.2 Å². The molecule has 6 nitrogen and oxygen atoms in total. The van der Waals surface area contributed by atoms with Gasteiger partial charge in [0.15, 0.2) is 5.82 Å². The molecule has 1 saturated heterocycles. The molecule has 2 aromatic rings. The van der Waals surface area contributed by atoms with Crippen LogP contribution in [0.15, 0.2) is 22.7 Å². The average Bonchev–Trinajstić information content (AvgIpc) is 3.03. The third-order valence-corrected chi connectivity index (χ3v) is 4.85. The molecule has 0 saturated carbocycles. The van der Waals surface area contributed by atoms with Crippen LogP contribution in [0, 0.1) is 5.92 Å². The van der Waals surface area contributed by atoms with Crippen molar-refractivity contribution in [1.82, 2.24) is 19.9 Å². The molecule has 0 atom stereocenters. The molecule has 8 heteroatoms. The minimum atomic E-state index is 0.235. The molecule has 0 N–H and O–H groups in total. The molecule has 1 aliphatic rings. The molecular weight excluding hydrogens is 375 g/mol. The van der Waals surface area contributed by atoms with Crippen molar-refractivity contribution >= 4 is 29.1 Å². The zero-order valence-corrected chi connectivity index (χ0v) is 16.4. The van der Waals surface area contributed by atoms with E-state index in [1.54, 1.807) is 18.2 Å². The highest BCUT2D eigenvalue weighted by molar-refractivity contribution is 6.36. The van der Waals surface area contributed by atoms with Gasteiger partial charge in [-0.25, -0.2) is 0 Å². The summed E-state index contributed by atoms with van der Waals surface area (Å²) in [6.45, 7) is 7.79. The van der Waals surface area contributed by atoms with Crippen LogP contribution in [0.1, 0.15) is 26.1 Å². The standard InChI is InChI=1S/C18H22Cl2N4O2/c1-12(2)9-17(25)24-7-5-23(6-8-24)11-16-21-18(26-22-16)14-4-3-13(19)10-15(14)20/h3-4,10,12H,5-9,11H2,1-2H3. The van der Waals surface area contributed by atoms with Gasteiger partial charge in [0.25, 0.3) is 5.89 Å². The number of halogens is 2. The van der Waals surface area contributed by atoms with E-state index in [2.05, 4.69) is 28.9 Å². The van der Waals surface area contributed by atoms with Crippen molar-refractivity contribution in [2.24, 2.45) is 5.92 Å². The topological polar surface area (TPSA) is 62.5 Å². The number of hydrogen-bond donors (Lipinski definition) is 0. The molecule has 1 aromatic carbocycles. The van der Waals surface area contributed by atoms with Gasteiger partial charge in [-0.3, -0.25) is 9.69 Å². The summed E-state index contributed by atoms with van der Waals surface area (Å²) >= 11 is 12.1. The number of hydrogen-bond acceptors (Lipinski definition) is 5. The fourth-order valence-electron chi connectivity index (χ4n) is 2.92. The predicted molar refractivity (Wildman–Crippen MR) is 101 cm³/mol. The lowest BCUT2D eigenvalue weighted by atomic mass is 10.1. The smallest absolute Gasteiger partial charge is 0.259 e. The number of carbonyl (C=O) groups excluding carboxylic acids is 1. The van der Waals surface area contributed by atoms with Crippen LogP contribution >= 0.6 is 23.2 Å². The minimum absolute atomic E-state index is 0.235. The van der Waals surface area contributed by atoms with E-state index in [1.165, 1.54) is 0 Å². The van der Waals surface area contributed by atoms with Crippen molar-refractivity contribution in [3.05, 3.63) is 34.1 Å². The monoisotopic (exact) mass is 396 g/mol. The van der Waals surface area contributed by atoms with Gasteiger partial charge in [-0.2, -0.15) is 4.98 Å². The summed E-state index contributed by atoms with van der Waals surface area (Å²) in [7, 11) is 0. The molecule has 0 radical (unpaired) electrons. The zero-order valence-electron chi connectivity index (χ0n) is 14.9. The maximum atomic E-state index is 12.1. The summed E-state index contributed by atoms with van der Waals surface area (Å²) in [6.07, 6.45) is 0.607. The van der Waals surface area contributed by atoms with Crippen LogP contribution in [0.5, 0.6) is 0 Å². The molecular formula is C18H22Cl2N4O2. The molecule has 26 heavy (non-hydrogen) atoms. The van der Waals surface area contributed by atoms with Gasteiger partial charge in [0.05, 0.1) is 17.1 Å². The van der Waals surface area contributed by atoms with Crippen molar-refractivity contribution < 1.29 is 9.32 Å². The van der Waals surface area contributed by atoms with Crippen molar-refractivity contribution in [3.8, 4) is 11.5 Å². The summed E-state index contributed by atoms with van der Waals surface area (Å²) < 4.78 is 5.34. The molecule has 0 bridgehead atoms. The van der Waals surface area contributed by atoms with E-state index in [-0.39, 0.29) is 5.91 Å². The number of nitrogens with zero attached hydrogens (tertiary/aromatic N) is 4. The van der Waals surface area contributed by atoms with Crippen LogP contribution in [-0.2, 0) is 11.3 Å². The first-order valence-corrected chi connectivity index (χ1v) is 9.46. The molecule has 2 heterocycles. The molecule has 0 spiro atoms. The number of carbonyl (C=O) groups is 1. The van der Waals surface area contributed by atoms with Gasteiger partial charge in [0.1, 0.15) is 0 Å². The molecule has 140 valence electrons. The lowest BCUT2D eigenvalue weighted by molar-refractivity contribution is -0.133. The molecule has 1 fully saturated rings. The third-order valence-electron chi connectivity index (χ3n) is 4.30. The van der Waals surface area contributed by atoms with Gasteiger partial charge in [0.2, 0.25) is 5.91 Å². The number of rotatable bonds is 5. The van der Waals surface area contributed by atoms with E-state index in [4.69, 9.17) is 27.7 Å². The fourth-order valence-corrected chi connectivity index (χ4v) is 3.41. The van der Waals surface area contributed by atoms with Crippen LogP contribution in [0.2, 0.25) is 10.0 Å². The second-order valence-corrected chi connectivity index (χ2v) is 7.74. The quantitative estimate of drug-likeness (QED) is 0.769. The second kappa shape index (κ2) is 8.37. The summed E-state index contributed by atoms with van der Waals surface area (Å²) in [5.74, 6) is 1.61. The number of amides is 1. The Balaban J connectivity index is 1.56. The number of aromatic nitrogens is 2. The van der Waals surface area contributed by atoms with Gasteiger partial charge < -0.3 is 9.42 Å². The first-order valence-electron chi connectivity index (χ1n) is 8.70. The van der Waals surface area contributed by atoms with Crippen molar-refractivity contribution in [2.45, 2.75) is 26.8 Å². The van der Waals surface area contributed by atoms with Gasteiger partial charge in [-0.05, 0) is 24.1 Å². The highest BCUT2D eigenvalue weighted by Crippen LogP contribution is 2.29. The molecule has 1 amide bonds. The number of piperazine rings is 1. The van der Waals surface area contributed by atoms with Gasteiger partial charge in [-0.15, -0.1) is 0 Å². The van der Waals surface area contributed by atoms with Gasteiger partial charge >= 0.3 is 0 Å². The van der Waals surface area contributed by atoms with Gasteiger partial charge in [0, 0.05) is 37.6 Å². The van der Waals surface area contributed by atoms with Crippen molar-refractivity contribution in [3.63, 3.8) is 0 Å². The van der Waals surface area contributed by atoms with E-state index in [0.29, 0.717) is 46.2 Å². The van der Waals surface area contributed by atoms with Crippen LogP contribution in [-0.4, -0.2) is 52.0 Å². The highest BCUT2D eigenvalue weighted by atomic mass is 35.5. The SMILES string of the molecule is CC(C)CC(=O)N1CCN(Cc2noc(-c3ccc(Cl)cc3Cl)n2)CC1.